The molecule has 2 saturated heterocycles. The van der Waals surface area contributed by atoms with E-state index in [1.807, 2.05) is 48.5 Å². The van der Waals surface area contributed by atoms with Crippen LogP contribution in [0.1, 0.15) is 48.9 Å². The van der Waals surface area contributed by atoms with E-state index in [0.29, 0.717) is 36.0 Å². The van der Waals surface area contributed by atoms with Gasteiger partial charge in [-0.3, -0.25) is 14.5 Å². The van der Waals surface area contributed by atoms with Gasteiger partial charge >= 0.3 is 0 Å². The molecule has 2 aliphatic heterocycles. The Kier molecular flexibility index (Phi) is 9.14. The maximum Gasteiger partial charge on any atom is 0.248 e. The lowest BCUT2D eigenvalue weighted by Gasteiger charge is -2.27. The summed E-state index contributed by atoms with van der Waals surface area (Å²) in [6.45, 7) is 7.59. The van der Waals surface area contributed by atoms with Crippen molar-refractivity contribution in [2.45, 2.75) is 44.4 Å². The Labute approximate surface area is 242 Å². The van der Waals surface area contributed by atoms with Gasteiger partial charge in [-0.05, 0) is 59.4 Å². The predicted octanol–water partition coefficient (Wildman–Crippen LogP) is 4.79. The smallest absolute Gasteiger partial charge is 0.248 e. The Hall–Kier alpha value is -3.98. The van der Waals surface area contributed by atoms with Crippen LogP contribution in [0, 0.1) is 0 Å². The first-order valence-electron chi connectivity index (χ1n) is 14.3. The van der Waals surface area contributed by atoms with Gasteiger partial charge in [-0.15, -0.1) is 0 Å². The molecule has 2 unspecified atom stereocenters. The number of benzene rings is 3. The van der Waals surface area contributed by atoms with Crippen LogP contribution in [0.15, 0.2) is 78.9 Å². The summed E-state index contributed by atoms with van der Waals surface area (Å²) in [6.07, 6.45) is 4.66. The normalized spacial score (nSPS) is 19.1. The van der Waals surface area contributed by atoms with Crippen LogP contribution >= 0.6 is 0 Å². The third-order valence-electron chi connectivity index (χ3n) is 7.78. The van der Waals surface area contributed by atoms with E-state index in [-0.39, 0.29) is 11.8 Å². The zero-order valence-electron chi connectivity index (χ0n) is 23.7. The van der Waals surface area contributed by atoms with Crippen LogP contribution in [0.3, 0.4) is 0 Å². The second kappa shape index (κ2) is 13.1. The fraction of sp³-hybridized carbons (Fsp3) is 0.333. The van der Waals surface area contributed by atoms with Gasteiger partial charge in [0.15, 0.2) is 0 Å². The molecule has 0 aliphatic carbocycles. The van der Waals surface area contributed by atoms with Crippen molar-refractivity contribution in [3.8, 4) is 0 Å². The molecule has 5 N–H and O–H groups in total. The molecule has 2 aliphatic rings. The van der Waals surface area contributed by atoms with Gasteiger partial charge < -0.3 is 26.4 Å². The maximum absolute atomic E-state index is 13.5. The lowest BCUT2D eigenvalue weighted by Crippen LogP contribution is -2.43. The van der Waals surface area contributed by atoms with Crippen molar-refractivity contribution in [3.63, 3.8) is 0 Å². The van der Waals surface area contributed by atoms with E-state index in [4.69, 9.17) is 10.5 Å². The number of hydrogen-bond donors (Lipinski definition) is 4. The molecule has 2 heterocycles. The number of nitrogen functional groups attached to an aromatic ring is 1. The number of para-hydroxylation sites is 2. The van der Waals surface area contributed by atoms with Crippen LogP contribution in [-0.2, 0) is 14.3 Å². The van der Waals surface area contributed by atoms with Crippen molar-refractivity contribution < 1.29 is 14.3 Å². The Bertz CT molecular complexity index is 1370. The number of morpholine rings is 1. The SMILES string of the molecule is CC(C)c1ccc(NC(=O)[C@@H](NCCN2CC3CC2CO3)c2ccc(C=CC(=O)Nc3ccccc3N)cc2)cc1. The van der Waals surface area contributed by atoms with Gasteiger partial charge in [-0.25, -0.2) is 0 Å². The lowest BCUT2D eigenvalue weighted by molar-refractivity contribution is -0.118. The molecule has 2 bridgehead atoms. The predicted molar refractivity (Wildman–Crippen MR) is 165 cm³/mol. The summed E-state index contributed by atoms with van der Waals surface area (Å²) in [5.41, 5.74) is 10.7. The molecule has 2 amide bonds. The molecule has 5 rings (SSSR count). The molecule has 8 heteroatoms. The molecule has 214 valence electrons. The highest BCUT2D eigenvalue weighted by Crippen LogP contribution is 2.27. The van der Waals surface area contributed by atoms with Crippen molar-refractivity contribution in [2.24, 2.45) is 0 Å². The highest BCUT2D eigenvalue weighted by Gasteiger charge is 2.38. The Balaban J connectivity index is 1.24. The molecule has 0 saturated carbocycles. The van der Waals surface area contributed by atoms with Gasteiger partial charge in [0.2, 0.25) is 11.8 Å². The molecule has 0 radical (unpaired) electrons. The molecule has 8 nitrogen and oxygen atoms in total. The molecular weight excluding hydrogens is 514 g/mol. The fourth-order valence-electron chi connectivity index (χ4n) is 5.39. The third-order valence-corrected chi connectivity index (χ3v) is 7.78. The number of nitrogens with one attached hydrogen (secondary N) is 3. The lowest BCUT2D eigenvalue weighted by atomic mass is 10.0. The number of carbonyl (C=O) groups is 2. The van der Waals surface area contributed by atoms with Gasteiger partial charge in [0, 0.05) is 37.4 Å². The Morgan fingerprint density at radius 2 is 1.73 bits per heavy atom. The molecule has 3 atom stereocenters. The van der Waals surface area contributed by atoms with E-state index in [0.717, 1.165) is 42.9 Å². The van der Waals surface area contributed by atoms with E-state index < -0.39 is 6.04 Å². The number of amides is 2. The summed E-state index contributed by atoms with van der Waals surface area (Å²) < 4.78 is 5.72. The van der Waals surface area contributed by atoms with Gasteiger partial charge in [0.05, 0.1) is 24.1 Å². The zero-order valence-corrected chi connectivity index (χ0v) is 23.7. The molecule has 2 fully saturated rings. The van der Waals surface area contributed by atoms with Crippen molar-refractivity contribution >= 4 is 35.0 Å². The minimum Gasteiger partial charge on any atom is -0.397 e. The summed E-state index contributed by atoms with van der Waals surface area (Å²) in [5.74, 6) is 0.0441. The summed E-state index contributed by atoms with van der Waals surface area (Å²) >= 11 is 0. The first-order valence-corrected chi connectivity index (χ1v) is 14.3. The minimum absolute atomic E-state index is 0.114. The van der Waals surface area contributed by atoms with Crippen LogP contribution in [0.4, 0.5) is 17.1 Å². The van der Waals surface area contributed by atoms with Gasteiger partial charge in [-0.2, -0.15) is 0 Å². The first-order chi connectivity index (χ1) is 19.9. The van der Waals surface area contributed by atoms with E-state index in [1.165, 1.54) is 11.6 Å². The summed E-state index contributed by atoms with van der Waals surface area (Å²) in [5, 5.41) is 9.36. The van der Waals surface area contributed by atoms with E-state index in [2.05, 4.69) is 46.8 Å². The molecule has 3 aromatic rings. The standard InChI is InChI=1S/C33H39N5O3/c1-22(2)24-12-14-26(15-13-24)36-33(40)32(35-17-18-38-20-28-19-27(38)21-41-28)25-10-7-23(8-11-25)9-16-31(39)37-30-6-4-3-5-29(30)34/h3-16,22,27-28,32,35H,17-21,34H2,1-2H3,(H,36,40)(H,37,39)/t27?,28?,32-/m0/s1. The molecular formula is C33H39N5O3. The second-order valence-electron chi connectivity index (χ2n) is 11.1. The van der Waals surface area contributed by atoms with Gasteiger partial charge in [0.1, 0.15) is 6.04 Å². The van der Waals surface area contributed by atoms with E-state index >= 15 is 0 Å². The van der Waals surface area contributed by atoms with Crippen LogP contribution in [-0.4, -0.2) is 55.1 Å². The zero-order chi connectivity index (χ0) is 28.8. The summed E-state index contributed by atoms with van der Waals surface area (Å²) in [6, 6.07) is 22.8. The van der Waals surface area contributed by atoms with E-state index in [1.54, 1.807) is 18.2 Å². The second-order valence-corrected chi connectivity index (χ2v) is 11.1. The fourth-order valence-corrected chi connectivity index (χ4v) is 5.39. The number of rotatable bonds is 11. The minimum atomic E-state index is -0.529. The average molecular weight is 554 g/mol. The van der Waals surface area contributed by atoms with Crippen molar-refractivity contribution in [2.75, 3.05) is 42.6 Å². The monoisotopic (exact) mass is 553 g/mol. The summed E-state index contributed by atoms with van der Waals surface area (Å²) in [7, 11) is 0. The number of nitrogens with zero attached hydrogens (tertiary/aromatic N) is 1. The highest BCUT2D eigenvalue weighted by atomic mass is 16.5. The average Bonchev–Trinajstić information content (AvgIpc) is 3.60. The van der Waals surface area contributed by atoms with Gasteiger partial charge in [0.25, 0.3) is 0 Å². The molecule has 3 aromatic carbocycles. The number of ether oxygens (including phenoxy) is 1. The molecule has 0 spiro atoms. The molecule has 41 heavy (non-hydrogen) atoms. The van der Waals surface area contributed by atoms with Crippen LogP contribution < -0.4 is 21.7 Å². The quantitative estimate of drug-likeness (QED) is 0.201. The number of anilines is 3. The molecule has 0 aromatic heterocycles. The topological polar surface area (TPSA) is 109 Å². The van der Waals surface area contributed by atoms with Crippen LogP contribution in [0.2, 0.25) is 0 Å². The number of fused-ring (bicyclic) bond motifs is 2. The number of hydrogen-bond acceptors (Lipinski definition) is 6. The van der Waals surface area contributed by atoms with Gasteiger partial charge in [-0.1, -0.05) is 62.4 Å². The summed E-state index contributed by atoms with van der Waals surface area (Å²) in [4.78, 5) is 28.3. The first kappa shape index (κ1) is 28.5. The van der Waals surface area contributed by atoms with Crippen molar-refractivity contribution in [1.82, 2.24) is 10.2 Å². The highest BCUT2D eigenvalue weighted by molar-refractivity contribution is 6.03. The number of likely N-dealkylation sites (tertiary alicyclic amines) is 1. The van der Waals surface area contributed by atoms with Crippen molar-refractivity contribution in [1.29, 1.82) is 0 Å². The number of nitrogens with two attached hydrogens (primary N) is 1. The van der Waals surface area contributed by atoms with Crippen LogP contribution in [0.5, 0.6) is 0 Å². The largest absolute Gasteiger partial charge is 0.397 e. The Morgan fingerprint density at radius 1 is 1.00 bits per heavy atom. The third kappa shape index (κ3) is 7.41. The number of carbonyl (C=O) groups excluding carboxylic acids is 2. The van der Waals surface area contributed by atoms with Crippen molar-refractivity contribution in [3.05, 3.63) is 95.6 Å². The maximum atomic E-state index is 13.5. The van der Waals surface area contributed by atoms with E-state index in [9.17, 15) is 9.59 Å². The Morgan fingerprint density at radius 3 is 2.39 bits per heavy atom. The van der Waals surface area contributed by atoms with Crippen LogP contribution in [0.25, 0.3) is 6.08 Å².